The number of hydrogen-bond acceptors (Lipinski definition) is 7. The largest absolute Gasteiger partial charge is 0.494 e. The Kier molecular flexibility index (Phi) is 4.54. The lowest BCUT2D eigenvalue weighted by atomic mass is 10.3. The Labute approximate surface area is 160 Å². The van der Waals surface area contributed by atoms with Gasteiger partial charge in [-0.25, -0.2) is 9.97 Å². The number of para-hydroxylation sites is 1. The Bertz CT molecular complexity index is 957. The Hall–Kier alpha value is -2.19. The molecule has 0 atom stereocenters. The number of benzene rings is 1. The quantitative estimate of drug-likeness (QED) is 0.689. The molecule has 1 amide bonds. The van der Waals surface area contributed by atoms with Crippen LogP contribution < -0.4 is 9.64 Å². The molecule has 1 aromatic carbocycles. The first-order valence-corrected chi connectivity index (χ1v) is 10.1. The van der Waals surface area contributed by atoms with Gasteiger partial charge in [0.05, 0.1) is 22.5 Å². The number of carbonyl (C=O) groups excluding carboxylic acids is 1. The number of ether oxygens (including phenoxy) is 1. The summed E-state index contributed by atoms with van der Waals surface area (Å²) in [6.07, 6.45) is 0. The van der Waals surface area contributed by atoms with Gasteiger partial charge >= 0.3 is 0 Å². The van der Waals surface area contributed by atoms with Crippen LogP contribution in [0.4, 0.5) is 5.13 Å². The van der Waals surface area contributed by atoms with E-state index in [1.165, 1.54) is 11.3 Å². The van der Waals surface area contributed by atoms with Gasteiger partial charge in [0.2, 0.25) is 0 Å². The Morgan fingerprint density at radius 3 is 2.54 bits per heavy atom. The maximum absolute atomic E-state index is 12.7. The highest BCUT2D eigenvalue weighted by molar-refractivity contribution is 7.22. The molecule has 1 aliphatic rings. The van der Waals surface area contributed by atoms with E-state index in [4.69, 9.17) is 9.72 Å². The van der Waals surface area contributed by atoms with Crippen molar-refractivity contribution in [1.29, 1.82) is 0 Å². The van der Waals surface area contributed by atoms with E-state index in [9.17, 15) is 4.79 Å². The van der Waals surface area contributed by atoms with Crippen LogP contribution in [0.3, 0.4) is 0 Å². The number of fused-ring (bicyclic) bond motifs is 1. The van der Waals surface area contributed by atoms with Gasteiger partial charge in [-0.05, 0) is 26.0 Å². The van der Waals surface area contributed by atoms with Gasteiger partial charge in [0, 0.05) is 26.2 Å². The number of anilines is 1. The summed E-state index contributed by atoms with van der Waals surface area (Å²) in [5.74, 6) is 0.897. The van der Waals surface area contributed by atoms with Gasteiger partial charge in [-0.1, -0.05) is 17.4 Å². The molecule has 2 aromatic heterocycles. The molecule has 1 fully saturated rings. The fourth-order valence-electron chi connectivity index (χ4n) is 3.19. The summed E-state index contributed by atoms with van der Waals surface area (Å²) in [7, 11) is 1.67. The molecule has 26 heavy (non-hydrogen) atoms. The number of hydrogen-bond donors (Lipinski definition) is 0. The van der Waals surface area contributed by atoms with Crippen LogP contribution in [0.5, 0.6) is 5.75 Å². The van der Waals surface area contributed by atoms with Gasteiger partial charge in [-0.2, -0.15) is 0 Å². The predicted molar refractivity (Wildman–Crippen MR) is 106 cm³/mol. The molecule has 136 valence electrons. The molecule has 4 rings (SSSR count). The molecule has 0 aliphatic carbocycles. The van der Waals surface area contributed by atoms with E-state index in [0.717, 1.165) is 49.8 Å². The van der Waals surface area contributed by atoms with Gasteiger partial charge in [0.1, 0.15) is 16.1 Å². The molecule has 1 saturated heterocycles. The number of methoxy groups -OCH3 is 1. The van der Waals surface area contributed by atoms with Crippen molar-refractivity contribution in [3.05, 3.63) is 33.8 Å². The van der Waals surface area contributed by atoms with Gasteiger partial charge in [-0.15, -0.1) is 11.3 Å². The van der Waals surface area contributed by atoms with Crippen LogP contribution >= 0.6 is 22.7 Å². The first-order chi connectivity index (χ1) is 12.6. The summed E-state index contributed by atoms with van der Waals surface area (Å²) >= 11 is 3.15. The highest BCUT2D eigenvalue weighted by Crippen LogP contribution is 2.34. The molecule has 1 aliphatic heterocycles. The topological polar surface area (TPSA) is 58.6 Å². The Balaban J connectivity index is 1.48. The van der Waals surface area contributed by atoms with E-state index >= 15 is 0 Å². The van der Waals surface area contributed by atoms with E-state index in [0.29, 0.717) is 13.1 Å². The van der Waals surface area contributed by atoms with Crippen molar-refractivity contribution in [2.24, 2.45) is 0 Å². The molecule has 0 radical (unpaired) electrons. The van der Waals surface area contributed by atoms with Gasteiger partial charge in [0.25, 0.3) is 5.91 Å². The average molecular weight is 389 g/mol. The number of thiazole rings is 2. The number of carbonyl (C=O) groups is 1. The summed E-state index contributed by atoms with van der Waals surface area (Å²) in [6.45, 7) is 6.80. The number of amides is 1. The second-order valence-corrected chi connectivity index (χ2v) is 8.44. The molecular weight excluding hydrogens is 368 g/mol. The average Bonchev–Trinajstić information content (AvgIpc) is 3.23. The van der Waals surface area contributed by atoms with Crippen LogP contribution in [0.1, 0.15) is 20.4 Å². The monoisotopic (exact) mass is 388 g/mol. The van der Waals surface area contributed by atoms with Crippen molar-refractivity contribution in [3.63, 3.8) is 0 Å². The first kappa shape index (κ1) is 17.2. The number of piperazine rings is 1. The summed E-state index contributed by atoms with van der Waals surface area (Å²) in [5, 5.41) is 1.93. The maximum Gasteiger partial charge on any atom is 0.265 e. The van der Waals surface area contributed by atoms with Crippen LogP contribution in [0, 0.1) is 13.8 Å². The van der Waals surface area contributed by atoms with E-state index < -0.39 is 0 Å². The zero-order valence-electron chi connectivity index (χ0n) is 15.0. The molecule has 0 saturated carbocycles. The fraction of sp³-hybridized carbons (Fsp3) is 0.389. The number of rotatable bonds is 3. The van der Waals surface area contributed by atoms with Crippen molar-refractivity contribution in [3.8, 4) is 5.75 Å². The smallest absolute Gasteiger partial charge is 0.265 e. The van der Waals surface area contributed by atoms with E-state index in [2.05, 4.69) is 16.0 Å². The Morgan fingerprint density at radius 2 is 1.88 bits per heavy atom. The highest BCUT2D eigenvalue weighted by Gasteiger charge is 2.26. The standard InChI is InChI=1S/C18H20N4O2S2/c1-11-16(25-12(2)19-11)17(23)21-7-9-22(10-8-21)18-20-15-13(24-3)5-4-6-14(15)26-18/h4-6H,7-10H2,1-3H3. The number of aryl methyl sites for hydroxylation is 2. The summed E-state index contributed by atoms with van der Waals surface area (Å²) in [4.78, 5) is 26.8. The van der Waals surface area contributed by atoms with Crippen molar-refractivity contribution in [2.45, 2.75) is 13.8 Å². The second-order valence-electron chi connectivity index (χ2n) is 6.23. The summed E-state index contributed by atoms with van der Waals surface area (Å²) in [6, 6.07) is 5.98. The van der Waals surface area contributed by atoms with Crippen LogP contribution in [-0.2, 0) is 0 Å². The van der Waals surface area contributed by atoms with Crippen LogP contribution in [0.2, 0.25) is 0 Å². The molecule has 0 N–H and O–H groups in total. The molecule has 3 aromatic rings. The fourth-order valence-corrected chi connectivity index (χ4v) is 5.11. The van der Waals surface area contributed by atoms with E-state index in [-0.39, 0.29) is 5.91 Å². The van der Waals surface area contributed by atoms with Crippen molar-refractivity contribution in [2.75, 3.05) is 38.2 Å². The summed E-state index contributed by atoms with van der Waals surface area (Å²) < 4.78 is 6.53. The van der Waals surface area contributed by atoms with Gasteiger partial charge < -0.3 is 14.5 Å². The van der Waals surface area contributed by atoms with Crippen LogP contribution in [-0.4, -0.2) is 54.1 Å². The molecule has 6 nitrogen and oxygen atoms in total. The third-order valence-corrected chi connectivity index (χ3v) is 6.67. The lowest BCUT2D eigenvalue weighted by molar-refractivity contribution is 0.0750. The minimum Gasteiger partial charge on any atom is -0.494 e. The zero-order valence-corrected chi connectivity index (χ0v) is 16.6. The second kappa shape index (κ2) is 6.85. The van der Waals surface area contributed by atoms with Gasteiger partial charge in [0.15, 0.2) is 5.13 Å². The number of nitrogens with zero attached hydrogens (tertiary/aromatic N) is 4. The summed E-state index contributed by atoms with van der Waals surface area (Å²) in [5.41, 5.74) is 1.74. The minimum atomic E-state index is 0.0960. The van der Waals surface area contributed by atoms with Crippen molar-refractivity contribution < 1.29 is 9.53 Å². The van der Waals surface area contributed by atoms with Crippen molar-refractivity contribution in [1.82, 2.24) is 14.9 Å². The zero-order chi connectivity index (χ0) is 18.3. The minimum absolute atomic E-state index is 0.0960. The molecule has 3 heterocycles. The normalized spacial score (nSPS) is 14.9. The maximum atomic E-state index is 12.7. The SMILES string of the molecule is COc1cccc2sc(N3CCN(C(=O)c4sc(C)nc4C)CC3)nc12. The van der Waals surface area contributed by atoms with Crippen molar-refractivity contribution >= 4 is 43.9 Å². The predicted octanol–water partition coefficient (Wildman–Crippen LogP) is 3.34. The molecule has 8 heteroatoms. The molecule has 0 spiro atoms. The molecule has 0 unspecified atom stereocenters. The van der Waals surface area contributed by atoms with E-state index in [1.807, 2.05) is 30.9 Å². The first-order valence-electron chi connectivity index (χ1n) is 8.48. The van der Waals surface area contributed by atoms with Crippen LogP contribution in [0.25, 0.3) is 10.2 Å². The third kappa shape index (κ3) is 3.03. The number of aromatic nitrogens is 2. The van der Waals surface area contributed by atoms with E-state index in [1.54, 1.807) is 18.4 Å². The van der Waals surface area contributed by atoms with Gasteiger partial charge in [-0.3, -0.25) is 4.79 Å². The lowest BCUT2D eigenvalue weighted by Gasteiger charge is -2.34. The molecular formula is C18H20N4O2S2. The Morgan fingerprint density at radius 1 is 1.12 bits per heavy atom. The highest BCUT2D eigenvalue weighted by atomic mass is 32.1. The molecule has 0 bridgehead atoms. The third-order valence-electron chi connectivity index (χ3n) is 4.53. The lowest BCUT2D eigenvalue weighted by Crippen LogP contribution is -2.48. The van der Waals surface area contributed by atoms with Crippen LogP contribution in [0.15, 0.2) is 18.2 Å².